The number of Topliss-reactive ketones (excluding diaryl/α,β-unsaturated/α-hetero) is 1. The molecule has 0 amide bonds. The van der Waals surface area contributed by atoms with Crippen LogP contribution < -0.4 is 10.3 Å². The Kier molecular flexibility index (Phi) is 7.11. The third kappa shape index (κ3) is 4.82. The molecular formula is C28H26N4O5. The first-order valence-electron chi connectivity index (χ1n) is 11.6. The fourth-order valence-corrected chi connectivity index (χ4v) is 4.29. The average molecular weight is 499 g/mol. The summed E-state index contributed by atoms with van der Waals surface area (Å²) in [7, 11) is 1.81. The van der Waals surface area contributed by atoms with Gasteiger partial charge in [-0.15, -0.1) is 0 Å². The molecule has 0 fully saturated rings. The van der Waals surface area contributed by atoms with E-state index in [0.717, 1.165) is 11.4 Å². The minimum atomic E-state index is -0.737. The van der Waals surface area contributed by atoms with Crippen LogP contribution in [-0.2, 0) is 16.6 Å². The van der Waals surface area contributed by atoms with E-state index in [-0.39, 0.29) is 11.3 Å². The molecule has 0 atom stereocenters. The SMILES string of the molecule is Cc1cc(C(=O)COC(=O)COc2ccccc2C#N)c(C)n1-c1c(C)n(C)n(-c2ccccc2)c1=O. The normalized spacial score (nSPS) is 10.7. The third-order valence-electron chi connectivity index (χ3n) is 6.20. The van der Waals surface area contributed by atoms with Gasteiger partial charge < -0.3 is 14.0 Å². The fourth-order valence-electron chi connectivity index (χ4n) is 4.29. The van der Waals surface area contributed by atoms with Gasteiger partial charge in [0.15, 0.2) is 13.2 Å². The maximum atomic E-state index is 13.5. The summed E-state index contributed by atoms with van der Waals surface area (Å²) >= 11 is 0. The maximum Gasteiger partial charge on any atom is 0.344 e. The van der Waals surface area contributed by atoms with Gasteiger partial charge >= 0.3 is 5.97 Å². The van der Waals surface area contributed by atoms with Gasteiger partial charge in [0.25, 0.3) is 5.56 Å². The van der Waals surface area contributed by atoms with Crippen LogP contribution in [0.3, 0.4) is 0 Å². The van der Waals surface area contributed by atoms with E-state index >= 15 is 0 Å². The van der Waals surface area contributed by atoms with Crippen molar-refractivity contribution in [2.24, 2.45) is 7.05 Å². The monoisotopic (exact) mass is 498 g/mol. The minimum Gasteiger partial charge on any atom is -0.481 e. The summed E-state index contributed by atoms with van der Waals surface area (Å²) in [6.07, 6.45) is 0. The summed E-state index contributed by atoms with van der Waals surface area (Å²) in [5.74, 6) is -0.877. The number of esters is 1. The Morgan fingerprint density at radius 3 is 2.32 bits per heavy atom. The highest BCUT2D eigenvalue weighted by molar-refractivity contribution is 5.99. The number of ether oxygens (including phenoxy) is 2. The zero-order valence-electron chi connectivity index (χ0n) is 21.0. The first-order chi connectivity index (χ1) is 17.7. The van der Waals surface area contributed by atoms with Crippen LogP contribution in [0.25, 0.3) is 11.4 Å². The lowest BCUT2D eigenvalue weighted by Crippen LogP contribution is -2.22. The molecule has 4 rings (SSSR count). The lowest BCUT2D eigenvalue weighted by Gasteiger charge is -2.09. The molecule has 2 aromatic carbocycles. The van der Waals surface area contributed by atoms with Crippen molar-refractivity contribution in [3.63, 3.8) is 0 Å². The molecule has 0 bridgehead atoms. The van der Waals surface area contributed by atoms with Crippen molar-refractivity contribution in [2.45, 2.75) is 20.8 Å². The number of carbonyl (C=O) groups excluding carboxylic acids is 2. The summed E-state index contributed by atoms with van der Waals surface area (Å²) < 4.78 is 15.6. The number of hydrogen-bond acceptors (Lipinski definition) is 6. The van der Waals surface area contributed by atoms with Crippen LogP contribution in [0.5, 0.6) is 5.75 Å². The molecule has 0 radical (unpaired) electrons. The molecule has 0 saturated heterocycles. The second kappa shape index (κ2) is 10.4. The predicted molar refractivity (Wildman–Crippen MR) is 136 cm³/mol. The van der Waals surface area contributed by atoms with E-state index in [9.17, 15) is 14.4 Å². The summed E-state index contributed by atoms with van der Waals surface area (Å²) in [5, 5.41) is 9.11. The Hall–Kier alpha value is -4.84. The van der Waals surface area contributed by atoms with Crippen LogP contribution in [-0.4, -0.2) is 38.9 Å². The van der Waals surface area contributed by atoms with Crippen molar-refractivity contribution in [1.82, 2.24) is 13.9 Å². The number of ketones is 1. The van der Waals surface area contributed by atoms with E-state index < -0.39 is 25.0 Å². The molecule has 0 aliphatic heterocycles. The van der Waals surface area contributed by atoms with Gasteiger partial charge in [-0.3, -0.25) is 14.3 Å². The molecule has 9 heteroatoms. The largest absolute Gasteiger partial charge is 0.481 e. The van der Waals surface area contributed by atoms with Crippen molar-refractivity contribution < 1.29 is 19.1 Å². The Morgan fingerprint density at radius 2 is 1.62 bits per heavy atom. The van der Waals surface area contributed by atoms with E-state index in [0.29, 0.717) is 28.2 Å². The number of nitriles is 1. The average Bonchev–Trinajstić information content (AvgIpc) is 3.31. The Bertz CT molecular complexity index is 1590. The van der Waals surface area contributed by atoms with Crippen molar-refractivity contribution >= 4 is 11.8 Å². The number of hydrogen-bond donors (Lipinski definition) is 0. The molecule has 0 N–H and O–H groups in total. The zero-order chi connectivity index (χ0) is 26.7. The maximum absolute atomic E-state index is 13.5. The second-order valence-electron chi connectivity index (χ2n) is 8.51. The number of para-hydroxylation sites is 2. The minimum absolute atomic E-state index is 0.215. The van der Waals surface area contributed by atoms with Crippen molar-refractivity contribution in [3.8, 4) is 23.2 Å². The number of carbonyl (C=O) groups is 2. The molecule has 37 heavy (non-hydrogen) atoms. The first kappa shape index (κ1) is 25.3. The van der Waals surface area contributed by atoms with Crippen LogP contribution in [0.4, 0.5) is 0 Å². The molecule has 0 aliphatic rings. The number of benzene rings is 2. The van der Waals surface area contributed by atoms with Crippen molar-refractivity contribution in [3.05, 3.63) is 99.2 Å². The summed E-state index contributed by atoms with van der Waals surface area (Å²) in [4.78, 5) is 38.6. The standard InChI is InChI=1S/C28H26N4O5/c1-18-14-23(24(33)16-37-26(34)17-36-25-13-9-8-10-21(25)15-29)19(2)31(18)27-20(3)30(4)32(28(27)35)22-11-6-5-7-12-22/h5-14H,16-17H2,1-4H3. The third-order valence-corrected chi connectivity index (χ3v) is 6.20. The van der Waals surface area contributed by atoms with E-state index in [1.54, 1.807) is 51.2 Å². The molecule has 0 unspecified atom stereocenters. The number of aryl methyl sites for hydroxylation is 1. The highest BCUT2D eigenvalue weighted by Crippen LogP contribution is 2.23. The second-order valence-corrected chi connectivity index (χ2v) is 8.51. The van der Waals surface area contributed by atoms with E-state index in [1.807, 2.05) is 57.3 Å². The fraction of sp³-hybridized carbons (Fsp3) is 0.214. The van der Waals surface area contributed by atoms with Crippen molar-refractivity contribution in [1.29, 1.82) is 5.26 Å². The van der Waals surface area contributed by atoms with Crippen molar-refractivity contribution in [2.75, 3.05) is 13.2 Å². The van der Waals surface area contributed by atoms with E-state index in [4.69, 9.17) is 14.7 Å². The topological polar surface area (TPSA) is 108 Å². The molecule has 4 aromatic rings. The molecule has 0 aliphatic carbocycles. The Balaban J connectivity index is 1.52. The zero-order valence-corrected chi connectivity index (χ0v) is 21.0. The number of rotatable bonds is 8. The van der Waals surface area contributed by atoms with Gasteiger partial charge in [-0.2, -0.15) is 5.26 Å². The Morgan fingerprint density at radius 1 is 0.946 bits per heavy atom. The molecule has 0 saturated carbocycles. The van der Waals surface area contributed by atoms with Gasteiger partial charge in [-0.25, -0.2) is 9.48 Å². The summed E-state index contributed by atoms with van der Waals surface area (Å²) in [5.41, 5.74) is 3.62. The predicted octanol–water partition coefficient (Wildman–Crippen LogP) is 3.57. The summed E-state index contributed by atoms with van der Waals surface area (Å²) in [6.45, 7) is 4.50. The van der Waals surface area contributed by atoms with Crippen LogP contribution in [0.1, 0.15) is 33.0 Å². The molecule has 9 nitrogen and oxygen atoms in total. The lowest BCUT2D eigenvalue weighted by molar-refractivity contribution is -0.144. The molecule has 0 spiro atoms. The van der Waals surface area contributed by atoms with Crippen LogP contribution in [0.15, 0.2) is 65.5 Å². The molecular weight excluding hydrogens is 472 g/mol. The number of aromatic nitrogens is 3. The highest BCUT2D eigenvalue weighted by Gasteiger charge is 2.24. The smallest absolute Gasteiger partial charge is 0.344 e. The van der Waals surface area contributed by atoms with Gasteiger partial charge in [0, 0.05) is 24.0 Å². The van der Waals surface area contributed by atoms with Gasteiger partial charge in [-0.1, -0.05) is 30.3 Å². The van der Waals surface area contributed by atoms with Gasteiger partial charge in [0.05, 0.1) is 16.9 Å². The van der Waals surface area contributed by atoms with Crippen LogP contribution in [0, 0.1) is 32.1 Å². The molecule has 188 valence electrons. The van der Waals surface area contributed by atoms with E-state index in [1.165, 1.54) is 0 Å². The van der Waals surface area contributed by atoms with Crippen LogP contribution >= 0.6 is 0 Å². The molecule has 2 heterocycles. The summed E-state index contributed by atoms with van der Waals surface area (Å²) in [6, 6.07) is 19.5. The Labute approximate surface area is 213 Å². The first-order valence-corrected chi connectivity index (χ1v) is 11.6. The quantitative estimate of drug-likeness (QED) is 0.271. The van der Waals surface area contributed by atoms with E-state index in [2.05, 4.69) is 0 Å². The van der Waals surface area contributed by atoms with Gasteiger partial charge in [-0.05, 0) is 51.1 Å². The van der Waals surface area contributed by atoms with Crippen LogP contribution in [0.2, 0.25) is 0 Å². The van der Waals surface area contributed by atoms with Gasteiger partial charge in [0.1, 0.15) is 17.5 Å². The highest BCUT2D eigenvalue weighted by atomic mass is 16.6. The lowest BCUT2D eigenvalue weighted by atomic mass is 10.1. The number of nitrogens with zero attached hydrogens (tertiary/aromatic N) is 4. The van der Waals surface area contributed by atoms with Gasteiger partial charge in [0.2, 0.25) is 5.78 Å². The molecule has 2 aromatic heterocycles.